The van der Waals surface area contributed by atoms with Crippen molar-refractivity contribution in [2.75, 3.05) is 28.4 Å². The third-order valence-electron chi connectivity index (χ3n) is 4.80. The SMILES string of the molecule is COc1ccc(C2=CC(=O)CCc3c2cc(OC)c(OC)c3OC)cc1OP(O)O. The Morgan fingerprint density at radius 2 is 1.53 bits per heavy atom. The lowest BCUT2D eigenvalue weighted by molar-refractivity contribution is -0.114. The van der Waals surface area contributed by atoms with Crippen molar-refractivity contribution in [1.82, 2.24) is 0 Å². The van der Waals surface area contributed by atoms with E-state index in [1.807, 2.05) is 0 Å². The van der Waals surface area contributed by atoms with Crippen LogP contribution in [0, 0.1) is 0 Å². The Morgan fingerprint density at radius 3 is 2.13 bits per heavy atom. The molecule has 2 aromatic carbocycles. The summed E-state index contributed by atoms with van der Waals surface area (Å²) in [4.78, 5) is 31.1. The Kier molecular flexibility index (Phi) is 6.82. The number of allylic oxidation sites excluding steroid dienone is 1. The average molecular weight is 434 g/mol. The van der Waals surface area contributed by atoms with E-state index in [0.717, 1.165) is 11.1 Å². The van der Waals surface area contributed by atoms with Crippen molar-refractivity contribution in [2.24, 2.45) is 0 Å². The first-order valence-corrected chi connectivity index (χ1v) is 10.2. The molecule has 0 spiro atoms. The number of ketones is 1. The van der Waals surface area contributed by atoms with Gasteiger partial charge in [-0.15, -0.1) is 0 Å². The van der Waals surface area contributed by atoms with Crippen molar-refractivity contribution >= 4 is 20.0 Å². The molecule has 2 aromatic rings. The zero-order chi connectivity index (χ0) is 21.8. The van der Waals surface area contributed by atoms with Crippen LogP contribution in [0.4, 0.5) is 0 Å². The van der Waals surface area contributed by atoms with Gasteiger partial charge in [-0.05, 0) is 47.4 Å². The fraction of sp³-hybridized carbons (Fsp3) is 0.286. The zero-order valence-corrected chi connectivity index (χ0v) is 18.0. The molecule has 0 fully saturated rings. The third kappa shape index (κ3) is 4.21. The summed E-state index contributed by atoms with van der Waals surface area (Å²) in [6.07, 6.45) is 2.33. The van der Waals surface area contributed by atoms with Gasteiger partial charge in [-0.3, -0.25) is 4.79 Å². The number of rotatable bonds is 7. The molecule has 9 heteroatoms. The van der Waals surface area contributed by atoms with Gasteiger partial charge in [0, 0.05) is 12.0 Å². The van der Waals surface area contributed by atoms with Crippen LogP contribution in [0.25, 0.3) is 5.57 Å². The summed E-state index contributed by atoms with van der Waals surface area (Å²) in [5.41, 5.74) is 2.83. The maximum absolute atomic E-state index is 12.5. The zero-order valence-electron chi connectivity index (χ0n) is 17.1. The molecule has 8 nitrogen and oxygen atoms in total. The first kappa shape index (κ1) is 21.9. The van der Waals surface area contributed by atoms with Crippen LogP contribution in [0.15, 0.2) is 30.3 Å². The number of ether oxygens (including phenoxy) is 4. The summed E-state index contributed by atoms with van der Waals surface area (Å²) in [6, 6.07) is 6.80. The molecule has 0 saturated heterocycles. The van der Waals surface area contributed by atoms with Gasteiger partial charge in [-0.1, -0.05) is 6.07 Å². The van der Waals surface area contributed by atoms with Gasteiger partial charge >= 0.3 is 8.60 Å². The summed E-state index contributed by atoms with van der Waals surface area (Å²) in [5.74, 6) is 1.86. The van der Waals surface area contributed by atoms with Gasteiger partial charge < -0.3 is 33.3 Å². The van der Waals surface area contributed by atoms with Gasteiger partial charge in [0.25, 0.3) is 0 Å². The number of hydrogen-bond acceptors (Lipinski definition) is 8. The molecule has 2 N–H and O–H groups in total. The van der Waals surface area contributed by atoms with E-state index in [1.54, 1.807) is 30.3 Å². The molecule has 0 unspecified atom stereocenters. The van der Waals surface area contributed by atoms with Crippen molar-refractivity contribution < 1.29 is 38.1 Å². The molecule has 3 rings (SSSR count). The van der Waals surface area contributed by atoms with Gasteiger partial charge in [0.15, 0.2) is 28.8 Å². The smallest absolute Gasteiger partial charge is 0.391 e. The Bertz CT molecular complexity index is 983. The molecule has 1 aliphatic rings. The summed E-state index contributed by atoms with van der Waals surface area (Å²) < 4.78 is 26.9. The van der Waals surface area contributed by atoms with E-state index in [2.05, 4.69) is 0 Å². The van der Waals surface area contributed by atoms with Crippen LogP contribution in [0.5, 0.6) is 28.7 Å². The highest BCUT2D eigenvalue weighted by Crippen LogP contribution is 2.47. The molecule has 0 aromatic heterocycles. The van der Waals surface area contributed by atoms with Crippen molar-refractivity contribution in [3.63, 3.8) is 0 Å². The molecule has 160 valence electrons. The molecular weight excluding hydrogens is 411 g/mol. The summed E-state index contributed by atoms with van der Waals surface area (Å²) in [7, 11) is 3.40. The van der Waals surface area contributed by atoms with Crippen LogP contribution in [-0.2, 0) is 11.2 Å². The van der Waals surface area contributed by atoms with Crippen LogP contribution in [0.3, 0.4) is 0 Å². The maximum atomic E-state index is 12.5. The van der Waals surface area contributed by atoms with E-state index >= 15 is 0 Å². The number of methoxy groups -OCH3 is 4. The molecule has 1 aliphatic carbocycles. The van der Waals surface area contributed by atoms with E-state index in [1.165, 1.54) is 28.4 Å². The predicted octanol–water partition coefficient (Wildman–Crippen LogP) is 3.26. The summed E-state index contributed by atoms with van der Waals surface area (Å²) in [6.45, 7) is 0. The normalized spacial score (nSPS) is 13.3. The fourth-order valence-corrected chi connectivity index (χ4v) is 3.82. The van der Waals surface area contributed by atoms with E-state index in [-0.39, 0.29) is 11.5 Å². The molecule has 0 heterocycles. The molecule has 0 bridgehead atoms. The van der Waals surface area contributed by atoms with Crippen molar-refractivity contribution in [2.45, 2.75) is 12.8 Å². The average Bonchev–Trinajstić information content (AvgIpc) is 2.90. The molecule has 0 saturated carbocycles. The van der Waals surface area contributed by atoms with Crippen LogP contribution >= 0.6 is 8.60 Å². The van der Waals surface area contributed by atoms with E-state index in [4.69, 9.17) is 23.5 Å². The van der Waals surface area contributed by atoms with Crippen molar-refractivity contribution in [3.8, 4) is 28.7 Å². The van der Waals surface area contributed by atoms with E-state index in [0.29, 0.717) is 47.0 Å². The molecule has 0 radical (unpaired) electrons. The Balaban J connectivity index is 2.25. The van der Waals surface area contributed by atoms with Crippen LogP contribution in [0.1, 0.15) is 23.1 Å². The number of carbonyl (C=O) groups excluding carboxylic acids is 1. The van der Waals surface area contributed by atoms with Gasteiger partial charge in [0.1, 0.15) is 0 Å². The van der Waals surface area contributed by atoms with Crippen molar-refractivity contribution in [1.29, 1.82) is 0 Å². The molecule has 30 heavy (non-hydrogen) atoms. The topological polar surface area (TPSA) is 104 Å². The van der Waals surface area contributed by atoms with Crippen LogP contribution < -0.4 is 23.5 Å². The second-order valence-corrected chi connectivity index (χ2v) is 7.09. The number of fused-ring (bicyclic) bond motifs is 1. The molecule has 0 aliphatic heterocycles. The van der Waals surface area contributed by atoms with Gasteiger partial charge in [-0.2, -0.15) is 0 Å². The second-order valence-electron chi connectivity index (χ2n) is 6.41. The highest BCUT2D eigenvalue weighted by Gasteiger charge is 2.26. The number of carbonyl (C=O) groups is 1. The summed E-state index contributed by atoms with van der Waals surface area (Å²) >= 11 is 0. The predicted molar refractivity (Wildman–Crippen MR) is 111 cm³/mol. The highest BCUT2D eigenvalue weighted by molar-refractivity contribution is 7.39. The Morgan fingerprint density at radius 1 is 0.833 bits per heavy atom. The van der Waals surface area contributed by atoms with Crippen molar-refractivity contribution in [3.05, 3.63) is 47.0 Å². The second kappa shape index (κ2) is 9.34. The highest BCUT2D eigenvalue weighted by atomic mass is 31.2. The first-order valence-electron chi connectivity index (χ1n) is 9.04. The fourth-order valence-electron chi connectivity index (χ4n) is 3.51. The minimum Gasteiger partial charge on any atom is -0.493 e. The minimum atomic E-state index is -2.64. The minimum absolute atomic E-state index is 0.0500. The maximum Gasteiger partial charge on any atom is 0.391 e. The summed E-state index contributed by atoms with van der Waals surface area (Å²) in [5, 5.41) is 0. The molecule has 0 amide bonds. The largest absolute Gasteiger partial charge is 0.493 e. The van der Waals surface area contributed by atoms with Gasteiger partial charge in [0.05, 0.1) is 28.4 Å². The Hall–Kier alpha value is -2.80. The molecule has 0 atom stereocenters. The lowest BCUT2D eigenvalue weighted by Crippen LogP contribution is -2.03. The lowest BCUT2D eigenvalue weighted by atomic mass is 9.92. The number of hydrogen-bond donors (Lipinski definition) is 2. The first-order chi connectivity index (χ1) is 14.4. The van der Waals surface area contributed by atoms with E-state index < -0.39 is 8.60 Å². The number of benzene rings is 2. The molecular formula is C21H23O8P. The monoisotopic (exact) mass is 434 g/mol. The van der Waals surface area contributed by atoms with Crippen LogP contribution in [0.2, 0.25) is 0 Å². The standard InChI is InChI=1S/C21H23O8P/c1-25-17-8-5-12(9-18(17)29-30(23)24)15-10-13(22)6-7-14-16(15)11-19(26-2)21(28-4)20(14)27-3/h5,8-11,23-24H,6-7H2,1-4H3. The van der Waals surface area contributed by atoms with E-state index in [9.17, 15) is 14.6 Å². The quantitative estimate of drug-likeness (QED) is 0.640. The van der Waals surface area contributed by atoms with Gasteiger partial charge in [0.2, 0.25) is 5.75 Å². The third-order valence-corrected chi connectivity index (χ3v) is 5.16. The van der Waals surface area contributed by atoms with Crippen LogP contribution in [-0.4, -0.2) is 44.0 Å². The Labute approximate surface area is 175 Å². The van der Waals surface area contributed by atoms with Gasteiger partial charge in [-0.25, -0.2) is 0 Å². The lowest BCUT2D eigenvalue weighted by Gasteiger charge is -2.20.